The van der Waals surface area contributed by atoms with Crippen LogP contribution in [0.4, 0.5) is 15.9 Å². The van der Waals surface area contributed by atoms with Gasteiger partial charge in [0.25, 0.3) is 0 Å². The third-order valence-corrected chi connectivity index (χ3v) is 6.33. The highest BCUT2D eigenvalue weighted by Gasteiger charge is 2.28. The van der Waals surface area contributed by atoms with Crippen molar-refractivity contribution in [3.05, 3.63) is 65.0 Å². The Labute approximate surface area is 195 Å². The number of benzene rings is 2. The minimum atomic E-state index is -0.329. The number of imidazole rings is 1. The molecule has 1 fully saturated rings. The van der Waals surface area contributed by atoms with Crippen molar-refractivity contribution in [3.8, 4) is 11.1 Å². The number of nitrogens with one attached hydrogen (secondary N) is 2. The molecule has 3 heterocycles. The molecule has 1 aliphatic rings. The van der Waals surface area contributed by atoms with Gasteiger partial charge in [-0.1, -0.05) is 23.7 Å². The zero-order chi connectivity index (χ0) is 22.9. The number of fused-ring (bicyclic) bond motifs is 1. The molecular formula is C24H22ClFN6O. The summed E-state index contributed by atoms with van der Waals surface area (Å²) in [5.41, 5.74) is 5.37. The second kappa shape index (κ2) is 8.78. The Kier molecular flexibility index (Phi) is 5.68. The standard InChI is InChI=1S/C24H22ClFN6O/c1-14-18(25)11-16(7-8-27-23-21-24(29-12-28-21)31-13-30-23)20(15-4-2-5-17(26)10-15)22(14)32-9-3-6-19(32)33/h2,4-5,10-13H,3,6-9H2,1H3,(H2,27,28,29,30,31). The number of nitrogens with zero attached hydrogens (tertiary/aromatic N) is 4. The fourth-order valence-electron chi connectivity index (χ4n) is 4.38. The van der Waals surface area contributed by atoms with Crippen molar-refractivity contribution >= 4 is 40.2 Å². The number of hydrogen-bond acceptors (Lipinski definition) is 5. The average Bonchev–Trinajstić information content (AvgIpc) is 3.45. The quantitative estimate of drug-likeness (QED) is 0.423. The first kappa shape index (κ1) is 21.3. The largest absolute Gasteiger partial charge is 0.368 e. The van der Waals surface area contributed by atoms with Crippen LogP contribution in [0.3, 0.4) is 0 Å². The van der Waals surface area contributed by atoms with E-state index in [0.29, 0.717) is 47.9 Å². The van der Waals surface area contributed by atoms with Crippen molar-refractivity contribution in [3.63, 3.8) is 0 Å². The molecule has 0 bridgehead atoms. The van der Waals surface area contributed by atoms with Gasteiger partial charge in [-0.2, -0.15) is 0 Å². The van der Waals surface area contributed by atoms with Crippen molar-refractivity contribution in [1.82, 2.24) is 19.9 Å². The zero-order valence-electron chi connectivity index (χ0n) is 18.0. The molecule has 0 unspecified atom stereocenters. The lowest BCUT2D eigenvalue weighted by Gasteiger charge is -2.26. The summed E-state index contributed by atoms with van der Waals surface area (Å²) in [6, 6.07) is 8.37. The number of hydrogen-bond donors (Lipinski definition) is 2. The van der Waals surface area contributed by atoms with Gasteiger partial charge >= 0.3 is 0 Å². The molecule has 0 spiro atoms. The molecule has 0 atom stereocenters. The maximum Gasteiger partial charge on any atom is 0.227 e. The number of carbonyl (C=O) groups excluding carboxylic acids is 1. The Balaban J connectivity index is 1.55. The van der Waals surface area contributed by atoms with E-state index in [2.05, 4.69) is 25.3 Å². The smallest absolute Gasteiger partial charge is 0.227 e. The molecule has 7 nitrogen and oxygen atoms in total. The van der Waals surface area contributed by atoms with Gasteiger partial charge in [0.2, 0.25) is 5.91 Å². The van der Waals surface area contributed by atoms with Crippen LogP contribution >= 0.6 is 11.6 Å². The minimum absolute atomic E-state index is 0.0593. The second-order valence-corrected chi connectivity index (χ2v) is 8.43. The van der Waals surface area contributed by atoms with Gasteiger partial charge in [0.1, 0.15) is 17.7 Å². The summed E-state index contributed by atoms with van der Waals surface area (Å²) < 4.78 is 14.2. The van der Waals surface area contributed by atoms with Gasteiger partial charge in [-0.3, -0.25) is 4.79 Å². The second-order valence-electron chi connectivity index (χ2n) is 8.02. The zero-order valence-corrected chi connectivity index (χ0v) is 18.8. The van der Waals surface area contributed by atoms with Crippen LogP contribution in [0.15, 0.2) is 43.0 Å². The molecule has 9 heteroatoms. The van der Waals surface area contributed by atoms with Crippen molar-refractivity contribution in [2.45, 2.75) is 26.2 Å². The molecule has 1 aliphatic heterocycles. The van der Waals surface area contributed by atoms with Gasteiger partial charge in [0.05, 0.1) is 12.0 Å². The van der Waals surface area contributed by atoms with E-state index in [1.54, 1.807) is 17.3 Å². The number of halogens is 2. The van der Waals surface area contributed by atoms with E-state index in [-0.39, 0.29) is 11.7 Å². The first-order chi connectivity index (χ1) is 16.0. The maximum atomic E-state index is 14.2. The molecule has 168 valence electrons. The highest BCUT2D eigenvalue weighted by atomic mass is 35.5. The number of rotatable bonds is 6. The van der Waals surface area contributed by atoms with Gasteiger partial charge in [-0.15, -0.1) is 0 Å². The van der Waals surface area contributed by atoms with Gasteiger partial charge in [0.15, 0.2) is 11.5 Å². The molecule has 1 amide bonds. The first-order valence-corrected chi connectivity index (χ1v) is 11.2. The van der Waals surface area contributed by atoms with Crippen LogP contribution < -0.4 is 10.2 Å². The van der Waals surface area contributed by atoms with Gasteiger partial charge in [-0.05, 0) is 54.7 Å². The van der Waals surface area contributed by atoms with E-state index in [1.165, 1.54) is 18.5 Å². The Morgan fingerprint density at radius 1 is 1.24 bits per heavy atom. The minimum Gasteiger partial charge on any atom is -0.368 e. The number of aromatic nitrogens is 4. The number of anilines is 2. The fourth-order valence-corrected chi connectivity index (χ4v) is 4.60. The lowest BCUT2D eigenvalue weighted by molar-refractivity contribution is -0.117. The summed E-state index contributed by atoms with van der Waals surface area (Å²) in [6.45, 7) is 3.06. The third-order valence-electron chi connectivity index (χ3n) is 5.93. The van der Waals surface area contributed by atoms with Crippen LogP contribution in [0.5, 0.6) is 0 Å². The summed E-state index contributed by atoms with van der Waals surface area (Å²) in [5, 5.41) is 3.89. The Bertz CT molecular complexity index is 1350. The molecule has 33 heavy (non-hydrogen) atoms. The average molecular weight is 465 g/mol. The Hall–Kier alpha value is -3.52. The lowest BCUT2D eigenvalue weighted by Crippen LogP contribution is -2.26. The van der Waals surface area contributed by atoms with Crippen molar-refractivity contribution in [1.29, 1.82) is 0 Å². The Morgan fingerprint density at radius 2 is 2.12 bits per heavy atom. The van der Waals surface area contributed by atoms with Crippen LogP contribution in [-0.4, -0.2) is 38.9 Å². The SMILES string of the molecule is Cc1c(Cl)cc(CCNc2ncnc3[nH]cnc23)c(-c2cccc(F)c2)c1N1CCCC1=O. The van der Waals surface area contributed by atoms with Crippen LogP contribution in [0.25, 0.3) is 22.3 Å². The van der Waals surface area contributed by atoms with E-state index >= 15 is 0 Å². The van der Waals surface area contributed by atoms with Crippen LogP contribution in [0, 0.1) is 12.7 Å². The summed E-state index contributed by atoms with van der Waals surface area (Å²) >= 11 is 6.63. The fraction of sp³-hybridized carbons (Fsp3) is 0.250. The van der Waals surface area contributed by atoms with E-state index in [9.17, 15) is 9.18 Å². The molecule has 0 aliphatic carbocycles. The van der Waals surface area contributed by atoms with E-state index in [1.807, 2.05) is 19.1 Å². The molecule has 1 saturated heterocycles. The number of H-pyrrole nitrogens is 1. The van der Waals surface area contributed by atoms with Gasteiger partial charge < -0.3 is 15.2 Å². The molecule has 0 radical (unpaired) electrons. The topological polar surface area (TPSA) is 86.8 Å². The van der Waals surface area contributed by atoms with Crippen LogP contribution in [-0.2, 0) is 11.2 Å². The number of amides is 1. The predicted octanol–water partition coefficient (Wildman–Crippen LogP) is 4.90. The van der Waals surface area contributed by atoms with E-state index in [0.717, 1.165) is 34.4 Å². The summed E-state index contributed by atoms with van der Waals surface area (Å²) in [7, 11) is 0. The van der Waals surface area contributed by atoms with Gasteiger partial charge in [0, 0.05) is 30.1 Å². The highest BCUT2D eigenvalue weighted by Crippen LogP contribution is 2.42. The predicted molar refractivity (Wildman–Crippen MR) is 127 cm³/mol. The molecule has 4 aromatic rings. The lowest BCUT2D eigenvalue weighted by atomic mass is 9.92. The Morgan fingerprint density at radius 3 is 2.91 bits per heavy atom. The summed E-state index contributed by atoms with van der Waals surface area (Å²) in [6.07, 6.45) is 4.92. The number of carbonyl (C=O) groups is 1. The highest BCUT2D eigenvalue weighted by molar-refractivity contribution is 6.32. The van der Waals surface area contributed by atoms with Crippen LogP contribution in [0.1, 0.15) is 24.0 Å². The number of aromatic amines is 1. The maximum absolute atomic E-state index is 14.2. The molecule has 2 aromatic heterocycles. The van der Waals surface area contributed by atoms with E-state index in [4.69, 9.17) is 11.6 Å². The van der Waals surface area contributed by atoms with Crippen molar-refractivity contribution < 1.29 is 9.18 Å². The van der Waals surface area contributed by atoms with Crippen molar-refractivity contribution in [2.24, 2.45) is 0 Å². The first-order valence-electron chi connectivity index (χ1n) is 10.8. The summed E-state index contributed by atoms with van der Waals surface area (Å²) in [4.78, 5) is 30.1. The molecular weight excluding hydrogens is 443 g/mol. The third kappa shape index (κ3) is 4.02. The molecule has 2 N–H and O–H groups in total. The molecule has 2 aromatic carbocycles. The van der Waals surface area contributed by atoms with Gasteiger partial charge in [-0.25, -0.2) is 19.3 Å². The monoisotopic (exact) mass is 464 g/mol. The van der Waals surface area contributed by atoms with Crippen molar-refractivity contribution in [2.75, 3.05) is 23.3 Å². The van der Waals surface area contributed by atoms with Crippen LogP contribution in [0.2, 0.25) is 5.02 Å². The normalized spacial score (nSPS) is 13.8. The molecule has 5 rings (SSSR count). The summed E-state index contributed by atoms with van der Waals surface area (Å²) in [5.74, 6) is 0.357. The van der Waals surface area contributed by atoms with E-state index < -0.39 is 0 Å². The molecule has 0 saturated carbocycles.